The van der Waals surface area contributed by atoms with Gasteiger partial charge < -0.3 is 10.1 Å². The minimum Gasteiger partial charge on any atom is -0.496 e. The fourth-order valence-corrected chi connectivity index (χ4v) is 3.21. The zero-order chi connectivity index (χ0) is 14.5. The van der Waals surface area contributed by atoms with Gasteiger partial charge in [0.2, 0.25) is 0 Å². The Morgan fingerprint density at radius 1 is 1.40 bits per heavy atom. The van der Waals surface area contributed by atoms with Crippen LogP contribution >= 0.6 is 11.3 Å². The summed E-state index contributed by atoms with van der Waals surface area (Å²) in [6, 6.07) is 2.49. The van der Waals surface area contributed by atoms with E-state index in [1.165, 1.54) is 5.56 Å². The maximum Gasteiger partial charge on any atom is 0.128 e. The molecule has 0 saturated carbocycles. The average Bonchev–Trinajstić information content (AvgIpc) is 2.95. The fraction of sp³-hybridized carbons (Fsp3) is 0.438. The molecule has 0 radical (unpaired) electrons. The summed E-state index contributed by atoms with van der Waals surface area (Å²) in [5, 5.41) is 7.86. The fourth-order valence-electron chi connectivity index (χ4n) is 2.50. The number of rotatable bonds is 6. The molecule has 108 valence electrons. The van der Waals surface area contributed by atoms with E-state index in [0.29, 0.717) is 6.04 Å². The molecule has 0 amide bonds. The third-order valence-electron chi connectivity index (χ3n) is 3.54. The Hall–Kier alpha value is -1.39. The number of aromatic nitrogens is 1. The molecule has 0 saturated heterocycles. The van der Waals surface area contributed by atoms with Crippen molar-refractivity contribution >= 4 is 11.3 Å². The number of ether oxygens (including phenoxy) is 1. The molecule has 0 fully saturated rings. The van der Waals surface area contributed by atoms with E-state index < -0.39 is 0 Å². The van der Waals surface area contributed by atoms with Crippen molar-refractivity contribution in [1.82, 2.24) is 10.3 Å². The van der Waals surface area contributed by atoms with Gasteiger partial charge in [0.1, 0.15) is 5.75 Å². The van der Waals surface area contributed by atoms with E-state index >= 15 is 0 Å². The Labute approximate surface area is 125 Å². The monoisotopic (exact) mass is 290 g/mol. The van der Waals surface area contributed by atoms with E-state index in [0.717, 1.165) is 35.5 Å². The Bertz CT molecular complexity index is 552. The van der Waals surface area contributed by atoms with Crippen molar-refractivity contribution in [3.05, 3.63) is 45.4 Å². The summed E-state index contributed by atoms with van der Waals surface area (Å²) < 4.78 is 5.49. The topological polar surface area (TPSA) is 34.2 Å². The van der Waals surface area contributed by atoms with Crippen LogP contribution < -0.4 is 10.1 Å². The normalized spacial score (nSPS) is 12.4. The minimum absolute atomic E-state index is 0.310. The summed E-state index contributed by atoms with van der Waals surface area (Å²) in [4.78, 5) is 4.60. The molecule has 3 nitrogen and oxygen atoms in total. The maximum atomic E-state index is 5.49. The smallest absolute Gasteiger partial charge is 0.128 e. The number of thiophene rings is 1. The quantitative estimate of drug-likeness (QED) is 0.881. The first-order valence-electron chi connectivity index (χ1n) is 6.91. The van der Waals surface area contributed by atoms with E-state index in [1.54, 1.807) is 18.4 Å². The van der Waals surface area contributed by atoms with Gasteiger partial charge in [0.25, 0.3) is 0 Å². The van der Waals surface area contributed by atoms with Gasteiger partial charge >= 0.3 is 0 Å². The van der Waals surface area contributed by atoms with Crippen LogP contribution in [0.5, 0.6) is 5.75 Å². The second-order valence-electron chi connectivity index (χ2n) is 4.92. The number of nitrogens with zero attached hydrogens (tertiary/aromatic N) is 1. The van der Waals surface area contributed by atoms with Crippen LogP contribution in [0.15, 0.2) is 23.0 Å². The van der Waals surface area contributed by atoms with Crippen LogP contribution in [0.2, 0.25) is 0 Å². The van der Waals surface area contributed by atoms with Crippen molar-refractivity contribution in [2.24, 2.45) is 0 Å². The average molecular weight is 290 g/mol. The molecule has 2 aromatic heterocycles. The third-order valence-corrected chi connectivity index (χ3v) is 4.24. The first-order chi connectivity index (χ1) is 9.67. The van der Waals surface area contributed by atoms with E-state index in [-0.39, 0.29) is 0 Å². The van der Waals surface area contributed by atoms with E-state index in [1.807, 2.05) is 13.1 Å². The molecule has 1 unspecified atom stereocenters. The SMILES string of the molecule is CCNC(Cc1ncc(C)c(OC)c1C)c1ccsc1. The Morgan fingerprint density at radius 3 is 2.80 bits per heavy atom. The standard InChI is InChI=1S/C16H22N2OS/c1-5-17-15(13-6-7-20-10-13)8-14-12(3)16(19-4)11(2)9-18-14/h6-7,9-10,15,17H,5,8H2,1-4H3. The predicted molar refractivity (Wildman–Crippen MR) is 84.7 cm³/mol. The Balaban J connectivity index is 2.27. The molecule has 1 atom stereocenters. The summed E-state index contributed by atoms with van der Waals surface area (Å²) >= 11 is 1.73. The summed E-state index contributed by atoms with van der Waals surface area (Å²) in [6.45, 7) is 7.20. The molecule has 0 aliphatic rings. The number of likely N-dealkylation sites (N-methyl/N-ethyl adjacent to an activating group) is 1. The lowest BCUT2D eigenvalue weighted by atomic mass is 10.0. The van der Waals surface area contributed by atoms with Crippen LogP contribution in [0.4, 0.5) is 0 Å². The zero-order valence-electron chi connectivity index (χ0n) is 12.6. The highest BCUT2D eigenvalue weighted by Gasteiger charge is 2.16. The molecule has 4 heteroatoms. The number of hydrogen-bond acceptors (Lipinski definition) is 4. The molecule has 0 aromatic carbocycles. The van der Waals surface area contributed by atoms with Crippen molar-refractivity contribution in [1.29, 1.82) is 0 Å². The molecule has 0 bridgehead atoms. The molecule has 2 rings (SSSR count). The van der Waals surface area contributed by atoms with Crippen molar-refractivity contribution in [2.75, 3.05) is 13.7 Å². The van der Waals surface area contributed by atoms with Crippen molar-refractivity contribution in [3.63, 3.8) is 0 Å². The Kier molecular flexibility index (Phi) is 5.15. The van der Waals surface area contributed by atoms with E-state index in [4.69, 9.17) is 4.74 Å². The maximum absolute atomic E-state index is 5.49. The van der Waals surface area contributed by atoms with Gasteiger partial charge in [-0.25, -0.2) is 0 Å². The molecular formula is C16H22N2OS. The second kappa shape index (κ2) is 6.86. The van der Waals surface area contributed by atoms with Crippen molar-refractivity contribution in [3.8, 4) is 5.75 Å². The number of methoxy groups -OCH3 is 1. The van der Waals surface area contributed by atoms with Gasteiger partial charge in [-0.3, -0.25) is 4.98 Å². The van der Waals surface area contributed by atoms with Crippen molar-refractivity contribution in [2.45, 2.75) is 33.2 Å². The number of pyridine rings is 1. The molecule has 0 aliphatic heterocycles. The summed E-state index contributed by atoms with van der Waals surface area (Å²) in [6.07, 6.45) is 2.78. The predicted octanol–water partition coefficient (Wildman–Crippen LogP) is 3.66. The minimum atomic E-state index is 0.310. The molecule has 1 N–H and O–H groups in total. The van der Waals surface area contributed by atoms with Crippen LogP contribution in [0.1, 0.15) is 35.3 Å². The van der Waals surface area contributed by atoms with Gasteiger partial charge in [-0.2, -0.15) is 11.3 Å². The highest BCUT2D eigenvalue weighted by Crippen LogP contribution is 2.27. The molecule has 2 heterocycles. The van der Waals surface area contributed by atoms with Gasteiger partial charge in [0, 0.05) is 35.5 Å². The molecular weight excluding hydrogens is 268 g/mol. The van der Waals surface area contributed by atoms with Crippen LogP contribution in [-0.2, 0) is 6.42 Å². The van der Waals surface area contributed by atoms with E-state index in [9.17, 15) is 0 Å². The van der Waals surface area contributed by atoms with Gasteiger partial charge in [0.05, 0.1) is 7.11 Å². The van der Waals surface area contributed by atoms with Gasteiger partial charge in [-0.05, 0) is 42.8 Å². The number of nitrogens with one attached hydrogen (secondary N) is 1. The second-order valence-corrected chi connectivity index (χ2v) is 5.70. The van der Waals surface area contributed by atoms with Gasteiger partial charge in [-0.1, -0.05) is 6.92 Å². The van der Waals surface area contributed by atoms with Gasteiger partial charge in [-0.15, -0.1) is 0 Å². The molecule has 20 heavy (non-hydrogen) atoms. The first kappa shape index (κ1) is 15.0. The lowest BCUT2D eigenvalue weighted by Crippen LogP contribution is -2.23. The van der Waals surface area contributed by atoms with Gasteiger partial charge in [0.15, 0.2) is 0 Å². The van der Waals surface area contributed by atoms with E-state index in [2.05, 4.69) is 41.0 Å². The Morgan fingerprint density at radius 2 is 2.20 bits per heavy atom. The molecule has 0 aliphatic carbocycles. The van der Waals surface area contributed by atoms with Crippen LogP contribution in [0.3, 0.4) is 0 Å². The largest absolute Gasteiger partial charge is 0.496 e. The number of hydrogen-bond donors (Lipinski definition) is 1. The summed E-state index contributed by atoms with van der Waals surface area (Å²) in [5.41, 5.74) is 4.66. The molecule has 0 spiro atoms. The summed E-state index contributed by atoms with van der Waals surface area (Å²) in [7, 11) is 1.72. The number of aryl methyl sites for hydroxylation is 1. The highest BCUT2D eigenvalue weighted by atomic mass is 32.1. The summed E-state index contributed by atoms with van der Waals surface area (Å²) in [5.74, 6) is 0.954. The zero-order valence-corrected chi connectivity index (χ0v) is 13.4. The molecule has 2 aromatic rings. The lowest BCUT2D eigenvalue weighted by Gasteiger charge is -2.19. The van der Waals surface area contributed by atoms with Crippen molar-refractivity contribution < 1.29 is 4.74 Å². The highest BCUT2D eigenvalue weighted by molar-refractivity contribution is 7.07. The lowest BCUT2D eigenvalue weighted by molar-refractivity contribution is 0.406. The van der Waals surface area contributed by atoms with Crippen LogP contribution in [-0.4, -0.2) is 18.6 Å². The van der Waals surface area contributed by atoms with Crippen LogP contribution in [0, 0.1) is 13.8 Å². The first-order valence-corrected chi connectivity index (χ1v) is 7.86. The third kappa shape index (κ3) is 3.19. The van der Waals surface area contributed by atoms with Crippen LogP contribution in [0.25, 0.3) is 0 Å².